The molecule has 9 nitrogen and oxygen atoms in total. The van der Waals surface area contributed by atoms with Crippen molar-refractivity contribution in [2.45, 2.75) is 11.7 Å². The molecule has 1 aromatic carbocycles. The minimum absolute atomic E-state index is 0.119. The number of nitrogens with zero attached hydrogens (tertiary/aromatic N) is 4. The Morgan fingerprint density at radius 3 is 2.75 bits per heavy atom. The smallest absolute Gasteiger partial charge is 0.261 e. The first kappa shape index (κ1) is 22.0. The second-order valence-corrected chi connectivity index (χ2v) is 9.02. The molecule has 0 fully saturated rings. The van der Waals surface area contributed by atoms with Crippen molar-refractivity contribution in [3.8, 4) is 11.4 Å². The first-order valence-electron chi connectivity index (χ1n) is 9.37. The molecule has 4 aromatic rings. The SMILES string of the molecule is COc1ccccc1-n1c(CNC(=O)c2cccs2)nnc1SCC(=O)Nc1nccs1. The number of para-hydroxylation sites is 2. The second-order valence-electron chi connectivity index (χ2n) is 6.24. The summed E-state index contributed by atoms with van der Waals surface area (Å²) in [6.45, 7) is 0.160. The number of methoxy groups -OCH3 is 1. The Balaban J connectivity index is 1.55. The van der Waals surface area contributed by atoms with E-state index in [1.165, 1.54) is 34.4 Å². The highest BCUT2D eigenvalue weighted by Gasteiger charge is 2.19. The molecule has 12 heteroatoms. The molecule has 0 spiro atoms. The summed E-state index contributed by atoms with van der Waals surface area (Å²) in [4.78, 5) is 29.3. The van der Waals surface area contributed by atoms with Crippen LogP contribution in [0.1, 0.15) is 15.5 Å². The number of aromatic nitrogens is 4. The van der Waals surface area contributed by atoms with E-state index in [1.807, 2.05) is 35.7 Å². The van der Waals surface area contributed by atoms with E-state index in [9.17, 15) is 9.59 Å². The van der Waals surface area contributed by atoms with Gasteiger partial charge < -0.3 is 15.4 Å². The van der Waals surface area contributed by atoms with Gasteiger partial charge in [-0.3, -0.25) is 14.2 Å². The van der Waals surface area contributed by atoms with E-state index in [4.69, 9.17) is 4.74 Å². The number of thioether (sulfide) groups is 1. The fourth-order valence-corrected chi connectivity index (χ4v) is 4.74. The van der Waals surface area contributed by atoms with Gasteiger partial charge in [0.05, 0.1) is 30.0 Å². The molecule has 2 N–H and O–H groups in total. The number of carbonyl (C=O) groups is 2. The summed E-state index contributed by atoms with van der Waals surface area (Å²) >= 11 is 3.94. The zero-order valence-electron chi connectivity index (χ0n) is 16.8. The van der Waals surface area contributed by atoms with E-state index < -0.39 is 0 Å². The van der Waals surface area contributed by atoms with Crippen molar-refractivity contribution < 1.29 is 14.3 Å². The molecule has 3 heterocycles. The van der Waals surface area contributed by atoms with Gasteiger partial charge in [-0.2, -0.15) is 0 Å². The van der Waals surface area contributed by atoms with Gasteiger partial charge in [0.2, 0.25) is 5.91 Å². The van der Waals surface area contributed by atoms with Gasteiger partial charge in [-0.1, -0.05) is 30.0 Å². The summed E-state index contributed by atoms with van der Waals surface area (Å²) in [6.07, 6.45) is 1.63. The number of carbonyl (C=O) groups excluding carboxylic acids is 2. The number of hydrogen-bond acceptors (Lipinski definition) is 9. The predicted molar refractivity (Wildman–Crippen MR) is 125 cm³/mol. The third-order valence-corrected chi connectivity index (χ3v) is 6.68. The Bertz CT molecular complexity index is 1190. The number of thiazole rings is 1. The largest absolute Gasteiger partial charge is 0.495 e. The molecular weight excluding hydrogens is 468 g/mol. The van der Waals surface area contributed by atoms with Gasteiger partial charge in [0.25, 0.3) is 5.91 Å². The van der Waals surface area contributed by atoms with Crippen LogP contribution in [0.3, 0.4) is 0 Å². The fourth-order valence-electron chi connectivity index (χ4n) is 2.79. The summed E-state index contributed by atoms with van der Waals surface area (Å²) in [5, 5.41) is 18.8. The quantitative estimate of drug-likeness (QED) is 0.349. The van der Waals surface area contributed by atoms with Crippen LogP contribution < -0.4 is 15.4 Å². The van der Waals surface area contributed by atoms with Crippen LogP contribution in [0, 0.1) is 0 Å². The van der Waals surface area contributed by atoms with Crippen molar-refractivity contribution in [1.29, 1.82) is 0 Å². The lowest BCUT2D eigenvalue weighted by Crippen LogP contribution is -2.24. The number of nitrogens with one attached hydrogen (secondary N) is 2. The summed E-state index contributed by atoms with van der Waals surface area (Å²) < 4.78 is 7.29. The van der Waals surface area contributed by atoms with E-state index in [-0.39, 0.29) is 24.1 Å². The Morgan fingerprint density at radius 2 is 2.00 bits per heavy atom. The lowest BCUT2D eigenvalue weighted by Gasteiger charge is -2.14. The number of hydrogen-bond donors (Lipinski definition) is 2. The summed E-state index contributed by atoms with van der Waals surface area (Å²) in [5.41, 5.74) is 0.711. The van der Waals surface area contributed by atoms with Crippen molar-refractivity contribution in [1.82, 2.24) is 25.1 Å². The molecule has 2 amide bonds. The summed E-state index contributed by atoms with van der Waals surface area (Å²) in [6, 6.07) is 11.0. The lowest BCUT2D eigenvalue weighted by molar-refractivity contribution is -0.113. The Kier molecular flexibility index (Phi) is 7.14. The first-order chi connectivity index (χ1) is 15.7. The topological polar surface area (TPSA) is 111 Å². The Labute approximate surface area is 195 Å². The number of anilines is 1. The van der Waals surface area contributed by atoms with Crippen LogP contribution >= 0.6 is 34.4 Å². The van der Waals surface area contributed by atoms with E-state index in [2.05, 4.69) is 25.8 Å². The molecule has 0 unspecified atom stereocenters. The van der Waals surface area contributed by atoms with Crippen LogP contribution in [0.25, 0.3) is 5.69 Å². The summed E-state index contributed by atoms with van der Waals surface area (Å²) in [7, 11) is 1.58. The molecule has 32 heavy (non-hydrogen) atoms. The van der Waals surface area contributed by atoms with E-state index in [0.29, 0.717) is 32.4 Å². The zero-order chi connectivity index (χ0) is 22.3. The third-order valence-electron chi connectivity index (χ3n) is 4.19. The zero-order valence-corrected chi connectivity index (χ0v) is 19.3. The maximum Gasteiger partial charge on any atom is 0.261 e. The molecule has 0 radical (unpaired) electrons. The van der Waals surface area contributed by atoms with Crippen LogP contribution in [0.4, 0.5) is 5.13 Å². The Hall–Kier alpha value is -3.22. The molecule has 0 bridgehead atoms. The highest BCUT2D eigenvalue weighted by atomic mass is 32.2. The molecule has 4 rings (SSSR count). The maximum atomic E-state index is 12.4. The monoisotopic (exact) mass is 486 g/mol. The average molecular weight is 487 g/mol. The van der Waals surface area contributed by atoms with Gasteiger partial charge in [0, 0.05) is 11.6 Å². The van der Waals surface area contributed by atoms with Gasteiger partial charge in [-0.25, -0.2) is 4.98 Å². The number of amides is 2. The van der Waals surface area contributed by atoms with E-state index >= 15 is 0 Å². The van der Waals surface area contributed by atoms with Gasteiger partial charge in [0.15, 0.2) is 16.1 Å². The molecular formula is C20H18N6O3S3. The maximum absolute atomic E-state index is 12.4. The normalized spacial score (nSPS) is 10.7. The second kappa shape index (κ2) is 10.4. The van der Waals surface area contributed by atoms with Gasteiger partial charge in [-0.05, 0) is 23.6 Å². The molecule has 0 saturated heterocycles. The van der Waals surface area contributed by atoms with Crippen LogP contribution in [-0.2, 0) is 11.3 Å². The highest BCUT2D eigenvalue weighted by Crippen LogP contribution is 2.28. The molecule has 0 aliphatic heterocycles. The average Bonchev–Trinajstić information content (AvgIpc) is 3.58. The minimum atomic E-state index is -0.202. The van der Waals surface area contributed by atoms with Crippen LogP contribution in [0.15, 0.2) is 58.5 Å². The first-order valence-corrected chi connectivity index (χ1v) is 12.1. The number of rotatable bonds is 9. The molecule has 0 aliphatic carbocycles. The molecule has 164 valence electrons. The predicted octanol–water partition coefficient (Wildman–Crippen LogP) is 3.45. The van der Waals surface area contributed by atoms with Crippen LogP contribution in [0.5, 0.6) is 5.75 Å². The van der Waals surface area contributed by atoms with E-state index in [0.717, 1.165) is 0 Å². The van der Waals surface area contributed by atoms with Crippen LogP contribution in [-0.4, -0.2) is 44.4 Å². The number of thiophene rings is 1. The van der Waals surface area contributed by atoms with Gasteiger partial charge >= 0.3 is 0 Å². The van der Waals surface area contributed by atoms with E-state index in [1.54, 1.807) is 29.3 Å². The third kappa shape index (κ3) is 5.15. The van der Waals surface area contributed by atoms with Gasteiger partial charge in [0.1, 0.15) is 5.75 Å². The van der Waals surface area contributed by atoms with Crippen molar-refractivity contribution in [2.24, 2.45) is 0 Å². The fraction of sp³-hybridized carbons (Fsp3) is 0.150. The number of ether oxygens (including phenoxy) is 1. The van der Waals surface area contributed by atoms with Crippen LogP contribution in [0.2, 0.25) is 0 Å². The minimum Gasteiger partial charge on any atom is -0.495 e. The van der Waals surface area contributed by atoms with Crippen molar-refractivity contribution in [3.05, 3.63) is 64.1 Å². The highest BCUT2D eigenvalue weighted by molar-refractivity contribution is 7.99. The summed E-state index contributed by atoms with van der Waals surface area (Å²) in [5.74, 6) is 0.863. The molecule has 0 saturated carbocycles. The molecule has 3 aromatic heterocycles. The van der Waals surface area contributed by atoms with Gasteiger partial charge in [-0.15, -0.1) is 32.9 Å². The molecule has 0 aliphatic rings. The number of benzene rings is 1. The van der Waals surface area contributed by atoms with Crippen molar-refractivity contribution in [3.63, 3.8) is 0 Å². The Morgan fingerprint density at radius 1 is 1.12 bits per heavy atom. The lowest BCUT2D eigenvalue weighted by atomic mass is 10.3. The molecule has 0 atom stereocenters. The standard InChI is InChI=1S/C20H18N6O3S3/c1-29-14-6-3-2-5-13(14)26-16(11-22-18(28)15-7-4-9-30-15)24-25-20(26)32-12-17(27)23-19-21-8-10-31-19/h2-10H,11-12H2,1H3,(H,22,28)(H,21,23,27). The van der Waals surface area contributed by atoms with Crippen molar-refractivity contribution in [2.75, 3.05) is 18.2 Å². The van der Waals surface area contributed by atoms with Crippen molar-refractivity contribution >= 4 is 51.4 Å².